The molecule has 1 aliphatic heterocycles. The van der Waals surface area contributed by atoms with Crippen LogP contribution in [0.5, 0.6) is 17.2 Å². The molecule has 0 unspecified atom stereocenters. The number of rotatable bonds is 7. The first-order chi connectivity index (χ1) is 13.5. The normalized spacial score (nSPS) is 15.6. The van der Waals surface area contributed by atoms with E-state index >= 15 is 0 Å². The van der Waals surface area contributed by atoms with Crippen LogP contribution in [0.2, 0.25) is 0 Å². The molecule has 1 aliphatic rings. The van der Waals surface area contributed by atoms with Gasteiger partial charge in [0.2, 0.25) is 11.7 Å². The zero-order chi connectivity index (χ0) is 20.3. The van der Waals surface area contributed by atoms with E-state index in [0.717, 1.165) is 12.2 Å². The molecule has 1 atom stereocenters. The smallest absolute Gasteiger partial charge is 0.257 e. The molecule has 1 amide bonds. The molecule has 150 valence electrons. The number of carbonyl (C=O) groups excluding carboxylic acids is 1. The van der Waals surface area contributed by atoms with E-state index in [1.165, 1.54) is 33.1 Å². The number of benzene rings is 1. The second-order valence-electron chi connectivity index (χ2n) is 6.21. The number of anilines is 1. The second kappa shape index (κ2) is 8.55. The summed E-state index contributed by atoms with van der Waals surface area (Å²) in [5.41, 5.74) is 0.800. The fourth-order valence-electron chi connectivity index (χ4n) is 3.28. The van der Waals surface area contributed by atoms with Crippen molar-refractivity contribution in [2.45, 2.75) is 30.8 Å². The number of hydrogen-bond acceptors (Lipinski definition) is 7. The first-order valence-electron chi connectivity index (χ1n) is 8.89. The van der Waals surface area contributed by atoms with Crippen molar-refractivity contribution in [1.29, 1.82) is 0 Å². The van der Waals surface area contributed by atoms with E-state index in [9.17, 15) is 9.59 Å². The number of thioether (sulfide) groups is 1. The van der Waals surface area contributed by atoms with Crippen molar-refractivity contribution in [1.82, 2.24) is 9.97 Å². The van der Waals surface area contributed by atoms with Gasteiger partial charge in [0, 0.05) is 23.7 Å². The highest BCUT2D eigenvalue weighted by atomic mass is 32.2. The Labute approximate surface area is 167 Å². The maximum Gasteiger partial charge on any atom is 0.257 e. The Morgan fingerprint density at radius 1 is 1.14 bits per heavy atom. The fraction of sp³-hybridized carbons (Fsp3) is 0.421. The number of hydrogen-bond donors (Lipinski definition) is 2. The monoisotopic (exact) mass is 405 g/mol. The lowest BCUT2D eigenvalue weighted by atomic mass is 9.86. The second-order valence-corrected chi connectivity index (χ2v) is 7.29. The molecule has 0 saturated heterocycles. The topological polar surface area (TPSA) is 103 Å². The summed E-state index contributed by atoms with van der Waals surface area (Å²) in [7, 11) is 4.55. The summed E-state index contributed by atoms with van der Waals surface area (Å²) < 4.78 is 16.3. The minimum absolute atomic E-state index is 0.102. The van der Waals surface area contributed by atoms with Crippen LogP contribution >= 0.6 is 11.8 Å². The predicted octanol–water partition coefficient (Wildman–Crippen LogP) is 2.77. The molecule has 28 heavy (non-hydrogen) atoms. The van der Waals surface area contributed by atoms with Gasteiger partial charge in [-0.1, -0.05) is 24.8 Å². The summed E-state index contributed by atoms with van der Waals surface area (Å²) in [5.74, 6) is 1.73. The summed E-state index contributed by atoms with van der Waals surface area (Å²) in [4.78, 5) is 32.5. The molecule has 0 fully saturated rings. The molecule has 0 radical (unpaired) electrons. The van der Waals surface area contributed by atoms with Crippen molar-refractivity contribution in [2.75, 3.05) is 32.4 Å². The van der Waals surface area contributed by atoms with Gasteiger partial charge >= 0.3 is 0 Å². The minimum atomic E-state index is -0.514. The Bertz CT molecular complexity index is 944. The van der Waals surface area contributed by atoms with Gasteiger partial charge in [0.05, 0.1) is 26.9 Å². The highest BCUT2D eigenvalue weighted by Gasteiger charge is 2.34. The number of carbonyl (C=O) groups is 1. The zero-order valence-electron chi connectivity index (χ0n) is 16.3. The van der Waals surface area contributed by atoms with Gasteiger partial charge in [-0.15, -0.1) is 0 Å². The molecule has 3 rings (SSSR count). The summed E-state index contributed by atoms with van der Waals surface area (Å²) in [5, 5.41) is 3.22. The van der Waals surface area contributed by atoms with Crippen molar-refractivity contribution < 1.29 is 19.0 Å². The van der Waals surface area contributed by atoms with Crippen molar-refractivity contribution in [3.63, 3.8) is 0 Å². The summed E-state index contributed by atoms with van der Waals surface area (Å²) in [6.45, 7) is 2.05. The molecular weight excluding hydrogens is 382 g/mol. The highest BCUT2D eigenvalue weighted by molar-refractivity contribution is 7.99. The third-order valence-electron chi connectivity index (χ3n) is 4.48. The van der Waals surface area contributed by atoms with E-state index in [-0.39, 0.29) is 17.9 Å². The molecule has 2 heterocycles. The van der Waals surface area contributed by atoms with Gasteiger partial charge in [-0.05, 0) is 12.5 Å². The predicted molar refractivity (Wildman–Crippen MR) is 107 cm³/mol. The Kier molecular flexibility index (Phi) is 6.13. The quantitative estimate of drug-likeness (QED) is 0.539. The molecule has 9 heteroatoms. The number of fused-ring (bicyclic) bond motifs is 1. The molecule has 1 aromatic carbocycles. The number of ether oxygens (including phenoxy) is 3. The van der Waals surface area contributed by atoms with Crippen molar-refractivity contribution in [3.8, 4) is 17.2 Å². The van der Waals surface area contributed by atoms with E-state index in [1.54, 1.807) is 12.1 Å². The maximum absolute atomic E-state index is 12.9. The van der Waals surface area contributed by atoms with Crippen LogP contribution < -0.4 is 25.1 Å². The largest absolute Gasteiger partial charge is 0.493 e. The molecular formula is C19H23N3O5S. The van der Waals surface area contributed by atoms with Gasteiger partial charge in [-0.3, -0.25) is 9.59 Å². The molecule has 8 nitrogen and oxygen atoms in total. The lowest BCUT2D eigenvalue weighted by Crippen LogP contribution is -2.31. The third-order valence-corrected chi connectivity index (χ3v) is 5.56. The van der Waals surface area contributed by atoms with Crippen LogP contribution in [0.3, 0.4) is 0 Å². The molecule has 1 aromatic heterocycles. The summed E-state index contributed by atoms with van der Waals surface area (Å²) in [6, 6.07) is 3.52. The Hall–Kier alpha value is -2.68. The number of amides is 1. The highest BCUT2D eigenvalue weighted by Crippen LogP contribution is 2.46. The number of aromatic amines is 1. The average Bonchev–Trinajstić information content (AvgIpc) is 2.69. The van der Waals surface area contributed by atoms with Crippen LogP contribution in [-0.2, 0) is 4.79 Å². The number of nitrogens with one attached hydrogen (secondary N) is 2. The molecule has 0 bridgehead atoms. The van der Waals surface area contributed by atoms with Crippen LogP contribution in [-0.4, -0.2) is 43.0 Å². The molecule has 0 spiro atoms. The van der Waals surface area contributed by atoms with Gasteiger partial charge in [0.25, 0.3) is 5.56 Å². The van der Waals surface area contributed by atoms with Gasteiger partial charge in [0.1, 0.15) is 5.82 Å². The van der Waals surface area contributed by atoms with Crippen LogP contribution in [0, 0.1) is 0 Å². The number of aromatic nitrogens is 2. The summed E-state index contributed by atoms with van der Waals surface area (Å²) >= 11 is 1.45. The van der Waals surface area contributed by atoms with Gasteiger partial charge < -0.3 is 24.5 Å². The van der Waals surface area contributed by atoms with Crippen LogP contribution in [0.4, 0.5) is 5.82 Å². The van der Waals surface area contributed by atoms with Crippen LogP contribution in [0.25, 0.3) is 0 Å². The van der Waals surface area contributed by atoms with Gasteiger partial charge in [-0.25, -0.2) is 4.98 Å². The van der Waals surface area contributed by atoms with E-state index in [1.807, 2.05) is 6.92 Å². The van der Waals surface area contributed by atoms with Crippen molar-refractivity contribution in [3.05, 3.63) is 33.6 Å². The first-order valence-corrected chi connectivity index (χ1v) is 9.88. The van der Waals surface area contributed by atoms with E-state index < -0.39 is 5.92 Å². The lowest BCUT2D eigenvalue weighted by Gasteiger charge is -2.26. The Morgan fingerprint density at radius 3 is 2.54 bits per heavy atom. The third kappa shape index (κ3) is 3.66. The fourth-order valence-corrected chi connectivity index (χ4v) is 4.00. The van der Waals surface area contributed by atoms with Crippen LogP contribution in [0.1, 0.15) is 36.8 Å². The van der Waals surface area contributed by atoms with E-state index in [2.05, 4.69) is 15.3 Å². The van der Waals surface area contributed by atoms with E-state index in [0.29, 0.717) is 39.3 Å². The molecule has 0 aliphatic carbocycles. The molecule has 2 aromatic rings. The van der Waals surface area contributed by atoms with E-state index in [4.69, 9.17) is 14.2 Å². The van der Waals surface area contributed by atoms with Crippen molar-refractivity contribution >= 4 is 23.5 Å². The maximum atomic E-state index is 12.9. The zero-order valence-corrected chi connectivity index (χ0v) is 17.1. The standard InChI is InChI=1S/C19H23N3O5S/c1-5-8-28-19-21-17-14(18(24)22-19)11(9-13(23)20-17)10-6-7-12(25-2)16(27-4)15(10)26-3/h6-7,11H,5,8-9H2,1-4H3,(H2,20,21,22,23,24)/t11-/m0/s1. The van der Waals surface area contributed by atoms with Gasteiger partial charge in [0.15, 0.2) is 16.7 Å². The Balaban J connectivity index is 2.15. The molecule has 2 N–H and O–H groups in total. The van der Waals surface area contributed by atoms with Crippen molar-refractivity contribution in [2.24, 2.45) is 0 Å². The van der Waals surface area contributed by atoms with Crippen LogP contribution in [0.15, 0.2) is 22.1 Å². The lowest BCUT2D eigenvalue weighted by molar-refractivity contribution is -0.116. The first kappa shape index (κ1) is 20.1. The molecule has 0 saturated carbocycles. The SMILES string of the molecule is CCCSc1nc2c(c(=O)[nH]1)[C@H](c1ccc(OC)c(OC)c1OC)CC(=O)N2. The summed E-state index contributed by atoms with van der Waals surface area (Å²) in [6.07, 6.45) is 1.05. The minimum Gasteiger partial charge on any atom is -0.493 e. The Morgan fingerprint density at radius 2 is 1.89 bits per heavy atom. The average molecular weight is 405 g/mol. The van der Waals surface area contributed by atoms with Gasteiger partial charge in [-0.2, -0.15) is 0 Å². The number of H-pyrrole nitrogens is 1. The number of methoxy groups -OCH3 is 3. The number of nitrogens with zero attached hydrogens (tertiary/aromatic N) is 1.